The maximum atomic E-state index is 13.2. The van der Waals surface area contributed by atoms with E-state index in [1.54, 1.807) is 18.2 Å². The second-order valence-electron chi connectivity index (χ2n) is 7.20. The average molecular weight is 451 g/mol. The second kappa shape index (κ2) is 6.64. The summed E-state index contributed by atoms with van der Waals surface area (Å²) in [6.07, 6.45) is -0.156. The van der Waals surface area contributed by atoms with E-state index in [-0.39, 0.29) is 19.6 Å². The van der Waals surface area contributed by atoms with Crippen molar-refractivity contribution in [2.45, 2.75) is 18.0 Å². The van der Waals surface area contributed by atoms with Gasteiger partial charge in [-0.1, -0.05) is 15.9 Å². The molecule has 3 aliphatic rings. The van der Waals surface area contributed by atoms with E-state index in [2.05, 4.69) is 26.6 Å². The first-order valence-corrected chi connectivity index (χ1v) is 9.62. The monoisotopic (exact) mass is 450 g/mol. The number of imide groups is 1. The van der Waals surface area contributed by atoms with Crippen LogP contribution in [0.1, 0.15) is 12.0 Å². The largest absolute Gasteiger partial charge is 0.383 e. The number of nitrogens with one attached hydrogen (secondary N) is 2. The van der Waals surface area contributed by atoms with Crippen molar-refractivity contribution in [2.75, 3.05) is 25.6 Å². The number of hydrogen-bond acceptors (Lipinski definition) is 6. The van der Waals surface area contributed by atoms with Crippen LogP contribution in [0.4, 0.5) is 5.69 Å². The van der Waals surface area contributed by atoms with Crippen molar-refractivity contribution >= 4 is 45.2 Å². The highest BCUT2D eigenvalue weighted by atomic mass is 79.9. The number of halogens is 1. The van der Waals surface area contributed by atoms with Crippen molar-refractivity contribution in [2.24, 2.45) is 17.6 Å². The van der Waals surface area contributed by atoms with Crippen molar-refractivity contribution in [1.82, 2.24) is 10.2 Å². The fraction of sp³-hybridized carbons (Fsp3) is 0.444. The number of anilines is 1. The van der Waals surface area contributed by atoms with E-state index in [0.29, 0.717) is 11.3 Å². The number of amides is 4. The number of ether oxygens (including phenoxy) is 1. The van der Waals surface area contributed by atoms with Crippen LogP contribution >= 0.6 is 15.9 Å². The van der Waals surface area contributed by atoms with Gasteiger partial charge in [0.15, 0.2) is 0 Å². The van der Waals surface area contributed by atoms with Crippen molar-refractivity contribution in [3.05, 3.63) is 28.2 Å². The maximum absolute atomic E-state index is 13.2. The van der Waals surface area contributed by atoms with Crippen molar-refractivity contribution in [3.63, 3.8) is 0 Å². The molecule has 4 atom stereocenters. The van der Waals surface area contributed by atoms with Gasteiger partial charge in [0.05, 0.1) is 25.0 Å². The molecular formula is C18H19BrN4O5. The number of methoxy groups -OCH3 is 1. The van der Waals surface area contributed by atoms with Crippen molar-refractivity contribution < 1.29 is 23.9 Å². The number of benzene rings is 1. The number of fused-ring (bicyclic) bond motifs is 4. The van der Waals surface area contributed by atoms with Crippen LogP contribution in [0.2, 0.25) is 0 Å². The van der Waals surface area contributed by atoms with Gasteiger partial charge in [-0.15, -0.1) is 0 Å². The number of carbonyl (C=O) groups excluding carboxylic acids is 4. The SMILES string of the molecule is COCCN1C(=O)[C@@H]2[C@H](CC(N)=O)N[C@@]3(C(=O)Nc4ccc(Br)cc43)[C@H]2C1=O. The molecule has 10 heteroatoms. The maximum Gasteiger partial charge on any atom is 0.250 e. The van der Waals surface area contributed by atoms with E-state index >= 15 is 0 Å². The van der Waals surface area contributed by atoms with Gasteiger partial charge in [0.2, 0.25) is 23.6 Å². The Hall–Kier alpha value is -2.30. The summed E-state index contributed by atoms with van der Waals surface area (Å²) in [6, 6.07) is 4.54. The van der Waals surface area contributed by atoms with Crippen LogP contribution in [0.3, 0.4) is 0 Å². The van der Waals surface area contributed by atoms with Gasteiger partial charge < -0.3 is 15.8 Å². The van der Waals surface area contributed by atoms with Gasteiger partial charge in [0.1, 0.15) is 5.54 Å². The Kier molecular flexibility index (Phi) is 4.52. The average Bonchev–Trinajstić information content (AvgIpc) is 3.19. The molecule has 4 rings (SSSR count). The summed E-state index contributed by atoms with van der Waals surface area (Å²) in [5.41, 5.74) is 5.08. The predicted octanol–water partition coefficient (Wildman–Crippen LogP) is -0.309. The summed E-state index contributed by atoms with van der Waals surface area (Å²) in [4.78, 5) is 52.1. The van der Waals surface area contributed by atoms with E-state index in [1.165, 1.54) is 7.11 Å². The second-order valence-corrected chi connectivity index (χ2v) is 8.11. The summed E-state index contributed by atoms with van der Waals surface area (Å²) in [5, 5.41) is 5.93. The van der Waals surface area contributed by atoms with Crippen LogP contribution in [-0.2, 0) is 29.5 Å². The minimum absolute atomic E-state index is 0.0908. The Morgan fingerprint density at radius 2 is 2.07 bits per heavy atom. The Morgan fingerprint density at radius 1 is 1.32 bits per heavy atom. The Bertz CT molecular complexity index is 906. The molecule has 148 valence electrons. The van der Waals surface area contributed by atoms with Gasteiger partial charge in [0.25, 0.3) is 0 Å². The number of nitrogens with zero attached hydrogens (tertiary/aromatic N) is 1. The highest BCUT2D eigenvalue weighted by Gasteiger charge is 2.70. The topological polar surface area (TPSA) is 131 Å². The van der Waals surface area contributed by atoms with Gasteiger partial charge >= 0.3 is 0 Å². The number of rotatable bonds is 5. The molecule has 1 aromatic carbocycles. The normalized spacial score (nSPS) is 30.7. The van der Waals surface area contributed by atoms with Crippen LogP contribution in [0, 0.1) is 11.8 Å². The molecule has 9 nitrogen and oxygen atoms in total. The lowest BCUT2D eigenvalue weighted by Gasteiger charge is -2.29. The highest BCUT2D eigenvalue weighted by molar-refractivity contribution is 9.10. The van der Waals surface area contributed by atoms with E-state index in [9.17, 15) is 19.2 Å². The number of carbonyl (C=O) groups is 4. The van der Waals surface area contributed by atoms with Crippen LogP contribution < -0.4 is 16.4 Å². The van der Waals surface area contributed by atoms with Crippen LogP contribution in [0.5, 0.6) is 0 Å². The first kappa shape index (κ1) is 19.0. The molecule has 3 heterocycles. The van der Waals surface area contributed by atoms with Crippen LogP contribution in [-0.4, -0.2) is 54.8 Å². The third-order valence-corrected chi connectivity index (χ3v) is 6.20. The van der Waals surface area contributed by atoms with Gasteiger partial charge in [-0.25, -0.2) is 0 Å². The predicted molar refractivity (Wildman–Crippen MR) is 101 cm³/mol. The number of hydrogen-bond donors (Lipinski definition) is 3. The molecule has 0 aromatic heterocycles. The number of primary amides is 1. The smallest absolute Gasteiger partial charge is 0.250 e. The Morgan fingerprint density at radius 3 is 2.75 bits per heavy atom. The molecule has 1 aromatic rings. The lowest BCUT2D eigenvalue weighted by atomic mass is 9.76. The fourth-order valence-corrected chi connectivity index (χ4v) is 4.99. The fourth-order valence-electron chi connectivity index (χ4n) is 4.63. The zero-order valence-corrected chi connectivity index (χ0v) is 16.6. The van der Waals surface area contributed by atoms with Crippen molar-refractivity contribution in [1.29, 1.82) is 0 Å². The minimum atomic E-state index is -1.43. The molecule has 4 N–H and O–H groups in total. The third kappa shape index (κ3) is 2.51. The molecule has 28 heavy (non-hydrogen) atoms. The van der Waals surface area contributed by atoms with E-state index in [4.69, 9.17) is 10.5 Å². The quantitative estimate of drug-likeness (QED) is 0.527. The van der Waals surface area contributed by atoms with Gasteiger partial charge in [0, 0.05) is 35.3 Å². The minimum Gasteiger partial charge on any atom is -0.383 e. The van der Waals surface area contributed by atoms with Gasteiger partial charge in [-0.3, -0.25) is 29.4 Å². The molecular weight excluding hydrogens is 432 g/mol. The molecule has 0 unspecified atom stereocenters. The molecule has 0 bridgehead atoms. The molecule has 0 aliphatic carbocycles. The molecule has 4 amide bonds. The van der Waals surface area contributed by atoms with E-state index < -0.39 is 47.0 Å². The summed E-state index contributed by atoms with van der Waals surface area (Å²) >= 11 is 3.40. The lowest BCUT2D eigenvalue weighted by Crippen LogP contribution is -2.53. The summed E-state index contributed by atoms with van der Waals surface area (Å²) in [7, 11) is 1.48. The van der Waals surface area contributed by atoms with Crippen LogP contribution in [0.25, 0.3) is 0 Å². The first-order valence-electron chi connectivity index (χ1n) is 8.83. The molecule has 3 aliphatic heterocycles. The third-order valence-electron chi connectivity index (χ3n) is 5.71. The van der Waals surface area contributed by atoms with Crippen LogP contribution in [0.15, 0.2) is 22.7 Å². The standard InChI is InChI=1S/C18H19BrN4O5/c1-28-5-4-23-15(25)13-11(7-12(20)24)22-18(14(13)16(23)26)9-6-8(19)2-3-10(9)21-17(18)27/h2-3,6,11,13-14,22H,4-5,7H2,1H3,(H2,20,24)(H,21,27)/t11-,13+,14+,18+/m0/s1. The molecule has 1 spiro atoms. The van der Waals surface area contributed by atoms with E-state index in [0.717, 1.165) is 9.37 Å². The summed E-state index contributed by atoms with van der Waals surface area (Å²) in [5.74, 6) is -3.72. The zero-order valence-electron chi connectivity index (χ0n) is 15.0. The number of nitrogens with two attached hydrogens (primary N) is 1. The number of likely N-dealkylation sites (tertiary alicyclic amines) is 1. The molecule has 2 saturated heterocycles. The Balaban J connectivity index is 1.85. The zero-order chi connectivity index (χ0) is 20.2. The highest BCUT2D eigenvalue weighted by Crippen LogP contribution is 2.53. The summed E-state index contributed by atoms with van der Waals surface area (Å²) < 4.78 is 5.73. The molecule has 2 fully saturated rings. The van der Waals surface area contributed by atoms with Gasteiger partial charge in [-0.2, -0.15) is 0 Å². The summed E-state index contributed by atoms with van der Waals surface area (Å²) in [6.45, 7) is 0.277. The first-order chi connectivity index (χ1) is 13.3. The van der Waals surface area contributed by atoms with Crippen molar-refractivity contribution in [3.8, 4) is 0 Å². The van der Waals surface area contributed by atoms with Gasteiger partial charge in [-0.05, 0) is 18.2 Å². The molecule has 0 saturated carbocycles. The molecule has 0 radical (unpaired) electrons. The van der Waals surface area contributed by atoms with E-state index in [1.807, 2.05) is 0 Å². The lowest BCUT2D eigenvalue weighted by molar-refractivity contribution is -0.143. The Labute approximate surface area is 169 Å².